The Kier molecular flexibility index (Phi) is 15.5. The van der Waals surface area contributed by atoms with Gasteiger partial charge in [0, 0.05) is 27.9 Å². The van der Waals surface area contributed by atoms with E-state index in [4.69, 9.17) is 47.4 Å². The fourth-order valence-electron chi connectivity index (χ4n) is 6.09. The van der Waals surface area contributed by atoms with Gasteiger partial charge in [-0.3, -0.25) is 14.4 Å². The molecule has 0 N–H and O–H groups in total. The van der Waals surface area contributed by atoms with Crippen molar-refractivity contribution in [1.29, 1.82) is 0 Å². The summed E-state index contributed by atoms with van der Waals surface area (Å²) in [5.41, 5.74) is 0.464. The van der Waals surface area contributed by atoms with E-state index in [2.05, 4.69) is 0 Å². The first-order valence-corrected chi connectivity index (χ1v) is 19.0. The van der Waals surface area contributed by atoms with Crippen LogP contribution >= 0.6 is 22.6 Å². The Labute approximate surface area is 341 Å². The molecule has 0 saturated carbocycles. The first-order valence-electron chi connectivity index (χ1n) is 17.7. The predicted octanol–water partition coefficient (Wildman–Crippen LogP) is 4.01. The monoisotopic (exact) mass is 904 g/mol. The van der Waals surface area contributed by atoms with Crippen molar-refractivity contribution < 1.29 is 76.1 Å². The topological polar surface area (TPSA) is 195 Å². The van der Waals surface area contributed by atoms with Crippen molar-refractivity contribution in [3.05, 3.63) is 108 Å². The van der Waals surface area contributed by atoms with Gasteiger partial charge in [-0.1, -0.05) is 77.2 Å². The minimum absolute atomic E-state index is 0.146. The highest BCUT2D eigenvalue weighted by Gasteiger charge is 2.55. The number of methoxy groups -OCH3 is 1. The molecule has 2 saturated heterocycles. The largest absolute Gasteiger partial charge is 0.463 e. The number of halogens is 1. The van der Waals surface area contributed by atoms with Crippen molar-refractivity contribution in [3.8, 4) is 0 Å². The van der Waals surface area contributed by atoms with Gasteiger partial charge in [0.2, 0.25) is 0 Å². The van der Waals surface area contributed by atoms with Gasteiger partial charge in [0.1, 0.15) is 22.7 Å². The minimum Gasteiger partial charge on any atom is -0.463 e. The molecular formula is C40H41IO16. The number of hydrogen-bond donors (Lipinski definition) is 0. The lowest BCUT2D eigenvalue weighted by molar-refractivity contribution is -0.309. The molecule has 0 radical (unpaired) electrons. The molecule has 16 nitrogen and oxygen atoms in total. The third kappa shape index (κ3) is 11.6. The molecule has 57 heavy (non-hydrogen) atoms. The summed E-state index contributed by atoms with van der Waals surface area (Å²) in [6.07, 6.45) is -12.0. The number of ether oxygens (including phenoxy) is 10. The van der Waals surface area contributed by atoms with Crippen molar-refractivity contribution in [3.63, 3.8) is 0 Å². The van der Waals surface area contributed by atoms with E-state index in [1.165, 1.54) is 57.4 Å². The van der Waals surface area contributed by atoms with Gasteiger partial charge in [0.15, 0.2) is 43.1 Å². The van der Waals surface area contributed by atoms with E-state index in [1.54, 1.807) is 54.6 Å². The summed E-state index contributed by atoms with van der Waals surface area (Å²) in [7, 11) is 1.28. The highest BCUT2D eigenvalue weighted by atomic mass is 127. The summed E-state index contributed by atoms with van der Waals surface area (Å²) >= 11 is 1.91. The molecule has 0 spiro atoms. The van der Waals surface area contributed by atoms with Gasteiger partial charge in [0.05, 0.1) is 23.3 Å². The number of hydrogen-bond acceptors (Lipinski definition) is 16. The highest BCUT2D eigenvalue weighted by molar-refractivity contribution is 14.1. The van der Waals surface area contributed by atoms with Crippen molar-refractivity contribution in [2.75, 3.05) is 20.3 Å². The highest BCUT2D eigenvalue weighted by Crippen LogP contribution is 2.35. The maximum absolute atomic E-state index is 13.7. The van der Waals surface area contributed by atoms with Gasteiger partial charge in [-0.05, 0) is 36.4 Å². The van der Waals surface area contributed by atoms with E-state index in [9.17, 15) is 28.8 Å². The molecule has 2 aliphatic rings. The maximum atomic E-state index is 13.7. The Morgan fingerprint density at radius 2 is 0.912 bits per heavy atom. The van der Waals surface area contributed by atoms with Gasteiger partial charge in [-0.2, -0.15) is 0 Å². The normalized spacial score (nSPS) is 26.9. The molecule has 2 heterocycles. The standard InChI is InChI=1S/C40H41IO16/c1-22(42)49-20-28-31(51-23(2)43)33(52-24(3)44)30(41)39(53-28)50-21-29-32(55-36(45)25-14-8-5-9-15-25)34(56-37(46)26-16-10-6-11-17-26)35(40(48-4)54-29)57-38(47)27-18-12-7-13-19-27/h5-19,28-35,39-40H,20-21H2,1-4H3/t28-,29-,30+,31-,32-,33-,34+,35-,39+,40+/m1/s1. The molecular weight excluding hydrogens is 863 g/mol. The average Bonchev–Trinajstić information content (AvgIpc) is 3.20. The first kappa shape index (κ1) is 43.2. The molecule has 5 rings (SSSR count). The predicted molar refractivity (Wildman–Crippen MR) is 203 cm³/mol. The molecule has 10 atom stereocenters. The van der Waals surface area contributed by atoms with Crippen LogP contribution in [0.2, 0.25) is 0 Å². The van der Waals surface area contributed by atoms with Crippen LogP contribution in [0.1, 0.15) is 51.8 Å². The fourth-order valence-corrected chi connectivity index (χ4v) is 7.02. The summed E-state index contributed by atoms with van der Waals surface area (Å²) in [6.45, 7) is 2.65. The first-order chi connectivity index (χ1) is 27.4. The van der Waals surface area contributed by atoms with Crippen LogP contribution in [0.15, 0.2) is 91.0 Å². The van der Waals surface area contributed by atoms with Crippen molar-refractivity contribution >= 4 is 58.4 Å². The van der Waals surface area contributed by atoms with Crippen LogP contribution in [0.5, 0.6) is 0 Å². The summed E-state index contributed by atoms with van der Waals surface area (Å²) in [5.74, 6) is -4.54. The lowest BCUT2D eigenvalue weighted by atomic mass is 9.97. The summed E-state index contributed by atoms with van der Waals surface area (Å²) in [6, 6.07) is 24.0. The van der Waals surface area contributed by atoms with E-state index in [1.807, 2.05) is 22.6 Å². The average molecular weight is 905 g/mol. The number of alkyl halides is 1. The number of carbonyl (C=O) groups excluding carboxylic acids is 6. The van der Waals surface area contributed by atoms with Crippen LogP contribution in [0, 0.1) is 0 Å². The Hall–Kier alpha value is -4.95. The van der Waals surface area contributed by atoms with Gasteiger partial charge in [-0.15, -0.1) is 0 Å². The molecule has 3 aromatic carbocycles. The van der Waals surface area contributed by atoms with Crippen LogP contribution in [0.25, 0.3) is 0 Å². The van der Waals surface area contributed by atoms with E-state index in [0.29, 0.717) is 0 Å². The molecule has 2 aliphatic heterocycles. The molecule has 0 amide bonds. The fraction of sp³-hybridized carbons (Fsp3) is 0.400. The Bertz CT molecular complexity index is 1840. The van der Waals surface area contributed by atoms with Crippen LogP contribution in [-0.2, 0) is 61.8 Å². The minimum atomic E-state index is -1.55. The molecule has 0 unspecified atom stereocenters. The third-order valence-corrected chi connectivity index (χ3v) is 9.93. The Morgan fingerprint density at radius 1 is 0.509 bits per heavy atom. The SMILES string of the molecule is CO[C@H]1O[C@H](CO[C@H]2O[C@H](COC(C)=O)[C@@H](OC(C)=O)[C@H](OC(C)=O)[C@@H]2I)[C@@H](OC(=O)c2ccccc2)[C@H](OC(=O)c2ccccc2)[C@H]1OC(=O)c1ccccc1. The summed E-state index contributed by atoms with van der Waals surface area (Å²) in [4.78, 5) is 77.0. The zero-order valence-electron chi connectivity index (χ0n) is 31.3. The van der Waals surface area contributed by atoms with Gasteiger partial charge in [0.25, 0.3) is 0 Å². The zero-order valence-corrected chi connectivity index (χ0v) is 33.4. The number of esters is 6. The van der Waals surface area contributed by atoms with Crippen LogP contribution in [0.3, 0.4) is 0 Å². The van der Waals surface area contributed by atoms with Crippen LogP contribution < -0.4 is 0 Å². The van der Waals surface area contributed by atoms with E-state index in [0.717, 1.165) is 6.92 Å². The van der Waals surface area contributed by atoms with E-state index in [-0.39, 0.29) is 16.7 Å². The second-order valence-electron chi connectivity index (χ2n) is 12.8. The maximum Gasteiger partial charge on any atom is 0.338 e. The van der Waals surface area contributed by atoms with Crippen molar-refractivity contribution in [2.45, 2.75) is 80.0 Å². The number of benzene rings is 3. The lowest BCUT2D eigenvalue weighted by Crippen LogP contribution is -2.64. The Morgan fingerprint density at radius 3 is 1.37 bits per heavy atom. The van der Waals surface area contributed by atoms with Crippen molar-refractivity contribution in [1.82, 2.24) is 0 Å². The van der Waals surface area contributed by atoms with E-state index >= 15 is 0 Å². The number of carbonyl (C=O) groups is 6. The van der Waals surface area contributed by atoms with Crippen LogP contribution in [-0.4, -0.2) is 115 Å². The Balaban J connectivity index is 1.51. The molecule has 0 aromatic heterocycles. The molecule has 0 aliphatic carbocycles. The molecule has 3 aromatic rings. The lowest BCUT2D eigenvalue weighted by Gasteiger charge is -2.45. The second kappa shape index (κ2) is 20.5. The quantitative estimate of drug-likeness (QED) is 0.0974. The smallest absolute Gasteiger partial charge is 0.338 e. The molecule has 17 heteroatoms. The third-order valence-electron chi connectivity index (χ3n) is 8.63. The van der Waals surface area contributed by atoms with Gasteiger partial charge in [-0.25, -0.2) is 14.4 Å². The molecule has 304 valence electrons. The number of rotatable bonds is 14. The van der Waals surface area contributed by atoms with Crippen LogP contribution in [0.4, 0.5) is 0 Å². The summed E-state index contributed by atoms with van der Waals surface area (Å²) < 4.78 is 57.7. The summed E-state index contributed by atoms with van der Waals surface area (Å²) in [5, 5.41) is 0. The van der Waals surface area contributed by atoms with E-state index < -0.39 is 108 Å². The molecule has 2 fully saturated rings. The molecule has 0 bridgehead atoms. The zero-order chi connectivity index (χ0) is 41.1. The van der Waals surface area contributed by atoms with Gasteiger partial charge < -0.3 is 47.4 Å². The second-order valence-corrected chi connectivity index (χ2v) is 14.2. The van der Waals surface area contributed by atoms with Gasteiger partial charge >= 0.3 is 35.8 Å². The van der Waals surface area contributed by atoms with Crippen molar-refractivity contribution in [2.24, 2.45) is 0 Å².